The van der Waals surface area contributed by atoms with Crippen LogP contribution in [-0.4, -0.2) is 26.7 Å². The van der Waals surface area contributed by atoms with Gasteiger partial charge in [0.2, 0.25) is 0 Å². The molecule has 116 valence electrons. The first kappa shape index (κ1) is 15.8. The van der Waals surface area contributed by atoms with Crippen molar-refractivity contribution in [2.75, 3.05) is 7.11 Å². The maximum atomic E-state index is 12.6. The van der Waals surface area contributed by atoms with Crippen molar-refractivity contribution in [3.63, 3.8) is 0 Å². The molecule has 0 heterocycles. The summed E-state index contributed by atoms with van der Waals surface area (Å²) in [5.74, 6) is -0.994. The predicted octanol–water partition coefficient (Wildman–Crippen LogP) is 2.43. The molecular weight excluding hydrogens is 309 g/mol. The van der Waals surface area contributed by atoms with Crippen LogP contribution >= 0.6 is 0 Å². The fourth-order valence-corrected chi connectivity index (χ4v) is 4.14. The summed E-state index contributed by atoms with van der Waals surface area (Å²) in [6, 6.07) is 3.64. The predicted molar refractivity (Wildman–Crippen MR) is 67.2 cm³/mol. The van der Waals surface area contributed by atoms with Crippen molar-refractivity contribution in [3.8, 4) is 0 Å². The normalized spacial score (nSPS) is 22.5. The van der Waals surface area contributed by atoms with Crippen molar-refractivity contribution in [1.82, 2.24) is 0 Å². The number of carbonyl (C=O) groups is 1. The highest BCUT2D eigenvalue weighted by atomic mass is 32.2. The lowest BCUT2D eigenvalue weighted by molar-refractivity contribution is -0.148. The maximum absolute atomic E-state index is 12.6. The molecule has 0 atom stereocenters. The van der Waals surface area contributed by atoms with E-state index in [0.717, 1.165) is 18.2 Å². The summed E-state index contributed by atoms with van der Waals surface area (Å²) in [5.41, 5.74) is -1.01. The van der Waals surface area contributed by atoms with Gasteiger partial charge in [-0.25, -0.2) is 8.42 Å². The lowest BCUT2D eigenvalue weighted by Gasteiger charge is -2.32. The lowest BCUT2D eigenvalue weighted by Crippen LogP contribution is -2.40. The zero-order valence-electron chi connectivity index (χ0n) is 11.1. The van der Waals surface area contributed by atoms with E-state index in [9.17, 15) is 26.4 Å². The Bertz CT molecular complexity index is 646. The molecule has 0 saturated heterocycles. The Morgan fingerprint density at radius 1 is 1.29 bits per heavy atom. The third-order valence-corrected chi connectivity index (χ3v) is 5.73. The second kappa shape index (κ2) is 5.32. The van der Waals surface area contributed by atoms with Gasteiger partial charge < -0.3 is 4.74 Å². The van der Waals surface area contributed by atoms with E-state index in [2.05, 4.69) is 4.74 Å². The molecule has 1 aliphatic rings. The van der Waals surface area contributed by atoms with E-state index in [1.54, 1.807) is 0 Å². The van der Waals surface area contributed by atoms with E-state index in [4.69, 9.17) is 0 Å². The van der Waals surface area contributed by atoms with E-state index in [-0.39, 0.29) is 17.7 Å². The van der Waals surface area contributed by atoms with Crippen LogP contribution in [0.5, 0.6) is 0 Å². The molecule has 1 aromatic carbocycles. The number of benzene rings is 1. The van der Waals surface area contributed by atoms with Crippen LogP contribution in [0.3, 0.4) is 0 Å². The molecule has 0 bridgehead atoms. The Labute approximate surface area is 119 Å². The van der Waals surface area contributed by atoms with Crippen molar-refractivity contribution in [2.24, 2.45) is 5.92 Å². The van der Waals surface area contributed by atoms with E-state index >= 15 is 0 Å². The van der Waals surface area contributed by atoms with Crippen LogP contribution in [0.15, 0.2) is 29.2 Å². The Morgan fingerprint density at radius 3 is 2.43 bits per heavy atom. The minimum atomic E-state index is -4.60. The van der Waals surface area contributed by atoms with Gasteiger partial charge in [-0.15, -0.1) is 0 Å². The molecule has 21 heavy (non-hydrogen) atoms. The molecule has 4 nitrogen and oxygen atoms in total. The maximum Gasteiger partial charge on any atom is 0.416 e. The van der Waals surface area contributed by atoms with E-state index in [1.165, 1.54) is 7.11 Å². The number of sulfone groups is 1. The van der Waals surface area contributed by atoms with E-state index < -0.39 is 38.7 Å². The summed E-state index contributed by atoms with van der Waals surface area (Å²) in [6.45, 7) is 0. The second-order valence-corrected chi connectivity index (χ2v) is 7.11. The summed E-state index contributed by atoms with van der Waals surface area (Å²) in [7, 11) is -2.66. The minimum absolute atomic E-state index is 0.0747. The fourth-order valence-electron chi connectivity index (χ4n) is 2.22. The van der Waals surface area contributed by atoms with Crippen LogP contribution < -0.4 is 0 Å². The van der Waals surface area contributed by atoms with Gasteiger partial charge in [0.15, 0.2) is 9.84 Å². The zero-order valence-corrected chi connectivity index (χ0v) is 11.9. The number of halogens is 3. The Balaban J connectivity index is 2.21. The molecule has 0 aliphatic heterocycles. The summed E-state index contributed by atoms with van der Waals surface area (Å²) in [4.78, 5) is 10.9. The van der Waals surface area contributed by atoms with Gasteiger partial charge in [0.05, 0.1) is 28.7 Å². The molecule has 0 N–H and O–H groups in total. The molecule has 1 fully saturated rings. The van der Waals surface area contributed by atoms with Crippen LogP contribution in [0, 0.1) is 5.92 Å². The third kappa shape index (κ3) is 3.04. The van der Waals surface area contributed by atoms with Crippen LogP contribution in [0.2, 0.25) is 0 Å². The number of methoxy groups -OCH3 is 1. The van der Waals surface area contributed by atoms with Gasteiger partial charge in [0.1, 0.15) is 0 Å². The Hall–Kier alpha value is -1.57. The topological polar surface area (TPSA) is 60.4 Å². The van der Waals surface area contributed by atoms with E-state index in [0.29, 0.717) is 6.07 Å². The van der Waals surface area contributed by atoms with Gasteiger partial charge in [0.25, 0.3) is 0 Å². The van der Waals surface area contributed by atoms with Crippen molar-refractivity contribution in [2.45, 2.75) is 29.2 Å². The molecule has 0 spiro atoms. The average Bonchev–Trinajstić information content (AvgIpc) is 2.35. The number of hydrogen-bond donors (Lipinski definition) is 0. The minimum Gasteiger partial charge on any atom is -0.469 e. The number of rotatable bonds is 3. The first-order chi connectivity index (χ1) is 9.66. The Kier molecular flexibility index (Phi) is 4.01. The van der Waals surface area contributed by atoms with Crippen LogP contribution in [-0.2, 0) is 25.5 Å². The Morgan fingerprint density at radius 2 is 1.90 bits per heavy atom. The summed E-state index contributed by atoms with van der Waals surface area (Å²) < 4.78 is 66.8. The molecule has 2 rings (SSSR count). The van der Waals surface area contributed by atoms with Crippen LogP contribution in [0.4, 0.5) is 13.2 Å². The molecule has 0 radical (unpaired) electrons. The number of carbonyl (C=O) groups excluding carboxylic acids is 1. The first-order valence-corrected chi connectivity index (χ1v) is 7.70. The quantitative estimate of drug-likeness (QED) is 0.802. The SMILES string of the molecule is COC(=O)C1CC(S(=O)(=O)c2cccc(C(F)(F)F)c2)C1. The average molecular weight is 322 g/mol. The summed E-state index contributed by atoms with van der Waals surface area (Å²) in [6.07, 6.45) is -4.45. The van der Waals surface area contributed by atoms with Gasteiger partial charge in [-0.2, -0.15) is 13.2 Å². The molecule has 0 unspecified atom stereocenters. The number of alkyl halides is 3. The second-order valence-electron chi connectivity index (χ2n) is 4.88. The summed E-state index contributed by atoms with van der Waals surface area (Å²) in [5, 5.41) is -0.843. The molecular formula is C13H13F3O4S. The van der Waals surface area contributed by atoms with Crippen molar-refractivity contribution in [3.05, 3.63) is 29.8 Å². The third-order valence-electron chi connectivity index (χ3n) is 3.56. The fraction of sp³-hybridized carbons (Fsp3) is 0.462. The van der Waals surface area contributed by atoms with Crippen molar-refractivity contribution in [1.29, 1.82) is 0 Å². The molecule has 1 saturated carbocycles. The number of esters is 1. The smallest absolute Gasteiger partial charge is 0.416 e. The zero-order chi connectivity index (χ0) is 15.8. The number of hydrogen-bond acceptors (Lipinski definition) is 4. The standard InChI is InChI=1S/C13H13F3O4S/c1-20-12(17)8-5-11(6-8)21(18,19)10-4-2-3-9(7-10)13(14,15)16/h2-4,7-8,11H,5-6H2,1H3. The first-order valence-electron chi connectivity index (χ1n) is 6.15. The monoisotopic (exact) mass is 322 g/mol. The highest BCUT2D eigenvalue weighted by molar-refractivity contribution is 7.92. The van der Waals surface area contributed by atoms with Crippen LogP contribution in [0.1, 0.15) is 18.4 Å². The van der Waals surface area contributed by atoms with Gasteiger partial charge in [-0.05, 0) is 31.0 Å². The molecule has 1 aliphatic carbocycles. The molecule has 8 heteroatoms. The van der Waals surface area contributed by atoms with Crippen molar-refractivity contribution < 1.29 is 31.1 Å². The van der Waals surface area contributed by atoms with Crippen molar-refractivity contribution >= 4 is 15.8 Å². The van der Waals surface area contributed by atoms with Crippen LogP contribution in [0.25, 0.3) is 0 Å². The van der Waals surface area contributed by atoms with Gasteiger partial charge >= 0.3 is 12.1 Å². The molecule has 0 aromatic heterocycles. The van der Waals surface area contributed by atoms with E-state index in [1.807, 2.05) is 0 Å². The lowest BCUT2D eigenvalue weighted by atomic mass is 9.85. The number of ether oxygens (including phenoxy) is 1. The van der Waals surface area contributed by atoms with Gasteiger partial charge in [-0.1, -0.05) is 6.07 Å². The molecule has 0 amide bonds. The highest BCUT2D eigenvalue weighted by Crippen LogP contribution is 2.38. The summed E-state index contributed by atoms with van der Waals surface area (Å²) >= 11 is 0. The van der Waals surface area contributed by atoms with Gasteiger partial charge in [-0.3, -0.25) is 4.79 Å². The largest absolute Gasteiger partial charge is 0.469 e. The van der Waals surface area contributed by atoms with Gasteiger partial charge in [0, 0.05) is 0 Å². The molecule has 1 aromatic rings. The highest BCUT2D eigenvalue weighted by Gasteiger charge is 2.44.